The summed E-state index contributed by atoms with van der Waals surface area (Å²) in [6.45, 7) is 2.66. The Labute approximate surface area is 107 Å². The molecule has 1 aliphatic rings. The molecule has 94 valence electrons. The third-order valence-electron chi connectivity index (χ3n) is 3.08. The van der Waals surface area contributed by atoms with Crippen molar-refractivity contribution in [3.05, 3.63) is 29.3 Å². The van der Waals surface area contributed by atoms with Crippen LogP contribution in [0.15, 0.2) is 18.2 Å². The SMILES string of the molecule is Cc1ccc(C#N)cc1NC(=O)CC1CCCO1. The van der Waals surface area contributed by atoms with Crippen LogP contribution in [-0.2, 0) is 9.53 Å². The number of amides is 1. The van der Waals surface area contributed by atoms with Gasteiger partial charge in [-0.1, -0.05) is 6.07 Å². The Balaban J connectivity index is 1.99. The lowest BCUT2D eigenvalue weighted by Gasteiger charge is -2.11. The first kappa shape index (κ1) is 12.6. The molecular weight excluding hydrogens is 228 g/mol. The molecule has 18 heavy (non-hydrogen) atoms. The van der Waals surface area contributed by atoms with Crippen LogP contribution in [0.3, 0.4) is 0 Å². The number of anilines is 1. The van der Waals surface area contributed by atoms with Crippen molar-refractivity contribution in [3.63, 3.8) is 0 Å². The van der Waals surface area contributed by atoms with Crippen LogP contribution in [-0.4, -0.2) is 18.6 Å². The molecule has 1 aromatic rings. The van der Waals surface area contributed by atoms with Gasteiger partial charge in [0.05, 0.1) is 24.2 Å². The van der Waals surface area contributed by atoms with Crippen molar-refractivity contribution in [2.45, 2.75) is 32.3 Å². The Hall–Kier alpha value is -1.86. The lowest BCUT2D eigenvalue weighted by molar-refractivity contribution is -0.118. The maximum atomic E-state index is 11.8. The van der Waals surface area contributed by atoms with Crippen LogP contribution in [0, 0.1) is 18.3 Å². The van der Waals surface area contributed by atoms with Crippen molar-refractivity contribution in [3.8, 4) is 6.07 Å². The van der Waals surface area contributed by atoms with Gasteiger partial charge in [0.2, 0.25) is 5.91 Å². The zero-order valence-corrected chi connectivity index (χ0v) is 10.4. The normalized spacial score (nSPS) is 18.3. The van der Waals surface area contributed by atoms with E-state index in [1.54, 1.807) is 12.1 Å². The summed E-state index contributed by atoms with van der Waals surface area (Å²) in [5.41, 5.74) is 2.21. The average Bonchev–Trinajstić information content (AvgIpc) is 2.84. The van der Waals surface area contributed by atoms with E-state index in [1.807, 2.05) is 13.0 Å². The summed E-state index contributed by atoms with van der Waals surface area (Å²) >= 11 is 0. The highest BCUT2D eigenvalue weighted by atomic mass is 16.5. The van der Waals surface area contributed by atoms with Gasteiger partial charge in [-0.15, -0.1) is 0 Å². The topological polar surface area (TPSA) is 62.1 Å². The van der Waals surface area contributed by atoms with Gasteiger partial charge in [-0.3, -0.25) is 4.79 Å². The third kappa shape index (κ3) is 3.08. The predicted molar refractivity (Wildman–Crippen MR) is 68.1 cm³/mol. The van der Waals surface area contributed by atoms with Crippen LogP contribution in [0.5, 0.6) is 0 Å². The first-order valence-electron chi connectivity index (χ1n) is 6.11. The van der Waals surface area contributed by atoms with Gasteiger partial charge < -0.3 is 10.1 Å². The molecule has 0 aromatic heterocycles. The summed E-state index contributed by atoms with van der Waals surface area (Å²) in [6, 6.07) is 7.34. The number of benzene rings is 1. The number of carbonyl (C=O) groups is 1. The fourth-order valence-electron chi connectivity index (χ4n) is 2.04. The minimum atomic E-state index is -0.0555. The maximum absolute atomic E-state index is 11.8. The van der Waals surface area contributed by atoms with Crippen molar-refractivity contribution in [2.75, 3.05) is 11.9 Å². The minimum absolute atomic E-state index is 0.0458. The van der Waals surface area contributed by atoms with E-state index in [4.69, 9.17) is 10.00 Å². The van der Waals surface area contributed by atoms with Crippen LogP contribution < -0.4 is 5.32 Å². The summed E-state index contributed by atoms with van der Waals surface area (Å²) in [6.07, 6.45) is 2.41. The quantitative estimate of drug-likeness (QED) is 0.887. The predicted octanol–water partition coefficient (Wildman–Crippen LogP) is 2.37. The van der Waals surface area contributed by atoms with E-state index in [2.05, 4.69) is 11.4 Å². The smallest absolute Gasteiger partial charge is 0.226 e. The molecule has 1 fully saturated rings. The second-order valence-corrected chi connectivity index (χ2v) is 4.53. The van der Waals surface area contributed by atoms with E-state index >= 15 is 0 Å². The first-order valence-corrected chi connectivity index (χ1v) is 6.11. The number of hydrogen-bond acceptors (Lipinski definition) is 3. The minimum Gasteiger partial charge on any atom is -0.378 e. The van der Waals surface area contributed by atoms with Gasteiger partial charge in [0.15, 0.2) is 0 Å². The fourth-order valence-corrected chi connectivity index (χ4v) is 2.04. The summed E-state index contributed by atoms with van der Waals surface area (Å²) < 4.78 is 5.42. The Morgan fingerprint density at radius 3 is 3.11 bits per heavy atom. The number of nitrogens with one attached hydrogen (secondary N) is 1. The summed E-state index contributed by atoms with van der Waals surface area (Å²) in [5, 5.41) is 11.7. The average molecular weight is 244 g/mol. The molecule has 0 aliphatic carbocycles. The summed E-state index contributed by atoms with van der Waals surface area (Å²) in [4.78, 5) is 11.8. The molecule has 1 saturated heterocycles. The van der Waals surface area contributed by atoms with Crippen molar-refractivity contribution < 1.29 is 9.53 Å². The molecule has 0 radical (unpaired) electrons. The summed E-state index contributed by atoms with van der Waals surface area (Å²) in [7, 11) is 0. The Morgan fingerprint density at radius 2 is 2.44 bits per heavy atom. The highest BCUT2D eigenvalue weighted by Crippen LogP contribution is 2.19. The number of hydrogen-bond donors (Lipinski definition) is 1. The number of aryl methyl sites for hydroxylation is 1. The Morgan fingerprint density at radius 1 is 1.61 bits per heavy atom. The number of nitrogens with zero attached hydrogens (tertiary/aromatic N) is 1. The van der Waals surface area contributed by atoms with E-state index in [1.165, 1.54) is 0 Å². The third-order valence-corrected chi connectivity index (χ3v) is 3.08. The second kappa shape index (κ2) is 5.65. The lowest BCUT2D eigenvalue weighted by Crippen LogP contribution is -2.19. The molecule has 1 amide bonds. The Bertz CT molecular complexity index is 485. The molecule has 4 heteroatoms. The number of rotatable bonds is 3. The van der Waals surface area contributed by atoms with Crippen molar-refractivity contribution in [1.82, 2.24) is 0 Å². The van der Waals surface area contributed by atoms with E-state index in [0.717, 1.165) is 25.0 Å². The van der Waals surface area contributed by atoms with E-state index in [0.29, 0.717) is 17.7 Å². The molecule has 1 aromatic carbocycles. The van der Waals surface area contributed by atoms with Gasteiger partial charge in [0.25, 0.3) is 0 Å². The molecule has 1 unspecified atom stereocenters. The molecule has 4 nitrogen and oxygen atoms in total. The lowest BCUT2D eigenvalue weighted by atomic mass is 10.1. The molecule has 1 heterocycles. The largest absolute Gasteiger partial charge is 0.378 e. The molecule has 0 bridgehead atoms. The van der Waals surface area contributed by atoms with Gasteiger partial charge in [0, 0.05) is 12.3 Å². The molecule has 1 atom stereocenters. The van der Waals surface area contributed by atoms with Gasteiger partial charge in [-0.2, -0.15) is 5.26 Å². The van der Waals surface area contributed by atoms with E-state index < -0.39 is 0 Å². The highest BCUT2D eigenvalue weighted by Gasteiger charge is 2.19. The van der Waals surface area contributed by atoms with Crippen molar-refractivity contribution in [1.29, 1.82) is 5.26 Å². The van der Waals surface area contributed by atoms with Gasteiger partial charge in [0.1, 0.15) is 0 Å². The molecular formula is C14H16N2O2. The molecule has 1 N–H and O–H groups in total. The zero-order valence-electron chi connectivity index (χ0n) is 10.4. The Kier molecular flexibility index (Phi) is 3.96. The second-order valence-electron chi connectivity index (χ2n) is 4.53. The first-order chi connectivity index (χ1) is 8.69. The van der Waals surface area contributed by atoms with Crippen molar-refractivity contribution >= 4 is 11.6 Å². The molecule has 2 rings (SSSR count). The zero-order chi connectivity index (χ0) is 13.0. The fraction of sp³-hybridized carbons (Fsp3) is 0.429. The van der Waals surface area contributed by atoms with Crippen LogP contribution in [0.1, 0.15) is 30.4 Å². The van der Waals surface area contributed by atoms with Crippen LogP contribution in [0.4, 0.5) is 5.69 Å². The van der Waals surface area contributed by atoms with Gasteiger partial charge >= 0.3 is 0 Å². The van der Waals surface area contributed by atoms with Crippen molar-refractivity contribution in [2.24, 2.45) is 0 Å². The standard InChI is InChI=1S/C14H16N2O2/c1-10-4-5-11(9-15)7-13(10)16-14(17)8-12-3-2-6-18-12/h4-5,7,12H,2-3,6,8H2,1H3,(H,16,17). The number of ether oxygens (including phenoxy) is 1. The summed E-state index contributed by atoms with van der Waals surface area (Å²) in [5.74, 6) is -0.0555. The van der Waals surface area contributed by atoms with Crippen LogP contribution in [0.25, 0.3) is 0 Å². The monoisotopic (exact) mass is 244 g/mol. The molecule has 0 saturated carbocycles. The van der Waals surface area contributed by atoms with E-state index in [-0.39, 0.29) is 12.0 Å². The number of carbonyl (C=O) groups excluding carboxylic acids is 1. The van der Waals surface area contributed by atoms with Crippen LogP contribution >= 0.6 is 0 Å². The van der Waals surface area contributed by atoms with Gasteiger partial charge in [-0.05, 0) is 37.5 Å². The molecule has 1 aliphatic heterocycles. The van der Waals surface area contributed by atoms with Gasteiger partial charge in [-0.25, -0.2) is 0 Å². The van der Waals surface area contributed by atoms with Crippen LogP contribution in [0.2, 0.25) is 0 Å². The van der Waals surface area contributed by atoms with E-state index in [9.17, 15) is 4.79 Å². The number of nitriles is 1. The maximum Gasteiger partial charge on any atom is 0.226 e. The highest BCUT2D eigenvalue weighted by molar-refractivity contribution is 5.92. The molecule has 0 spiro atoms.